The van der Waals surface area contributed by atoms with Gasteiger partial charge in [-0.25, -0.2) is 13.2 Å². The van der Waals surface area contributed by atoms with Gasteiger partial charge in [0.2, 0.25) is 0 Å². The third-order valence-corrected chi connectivity index (χ3v) is 3.25. The molecule has 1 heterocycles. The lowest BCUT2D eigenvalue weighted by atomic mass is 10.1. The van der Waals surface area contributed by atoms with E-state index >= 15 is 0 Å². The minimum absolute atomic E-state index is 0.0821. The number of benzene rings is 1. The molecule has 8 heteroatoms. The third-order valence-electron chi connectivity index (χ3n) is 2.96. The second-order valence-corrected chi connectivity index (χ2v) is 4.67. The largest absolute Gasteiger partial charge is 0.383 e. The average Bonchev–Trinajstić information content (AvgIpc) is 2.83. The summed E-state index contributed by atoms with van der Waals surface area (Å²) in [7, 11) is 1.48. The van der Waals surface area contributed by atoms with E-state index in [0.717, 1.165) is 12.1 Å². The van der Waals surface area contributed by atoms with Crippen molar-refractivity contribution in [2.45, 2.75) is 12.6 Å². The quantitative estimate of drug-likeness (QED) is 0.862. The van der Waals surface area contributed by atoms with E-state index in [1.165, 1.54) is 18.0 Å². The van der Waals surface area contributed by atoms with E-state index in [1.54, 1.807) is 0 Å². The predicted octanol–water partition coefficient (Wildman–Crippen LogP) is 2.68. The van der Waals surface area contributed by atoms with Crippen LogP contribution in [0.25, 0.3) is 0 Å². The molecule has 1 N–H and O–H groups in total. The Bertz CT molecular complexity index is 649. The molecule has 4 nitrogen and oxygen atoms in total. The Morgan fingerprint density at radius 3 is 2.71 bits per heavy atom. The first kappa shape index (κ1) is 15.8. The van der Waals surface area contributed by atoms with Crippen molar-refractivity contribution < 1.29 is 23.0 Å². The molecule has 0 fully saturated rings. The first-order valence-corrected chi connectivity index (χ1v) is 6.36. The highest BCUT2D eigenvalue weighted by atomic mass is 35.5. The van der Waals surface area contributed by atoms with Gasteiger partial charge in [-0.15, -0.1) is 0 Å². The number of halogens is 4. The standard InChI is InChI=1S/C13H12ClF3N2O2/c1-21-5-4-19-12(8(14)6-18-19)13(20)7-2-3-9(15)11(17)10(7)16/h2-3,6,13,20H,4-5H2,1H3. The maximum atomic E-state index is 13.7. The number of hydrogen-bond acceptors (Lipinski definition) is 3. The molecule has 2 aromatic rings. The molecule has 0 amide bonds. The number of nitrogens with zero attached hydrogens (tertiary/aromatic N) is 2. The molecular formula is C13H12ClF3N2O2. The Kier molecular flexibility index (Phi) is 4.87. The summed E-state index contributed by atoms with van der Waals surface area (Å²) in [6.07, 6.45) is -0.306. The Balaban J connectivity index is 2.43. The average molecular weight is 321 g/mol. The molecule has 0 aliphatic heterocycles. The van der Waals surface area contributed by atoms with E-state index < -0.39 is 29.1 Å². The molecule has 1 atom stereocenters. The van der Waals surface area contributed by atoms with Gasteiger partial charge in [0.05, 0.1) is 30.1 Å². The lowest BCUT2D eigenvalue weighted by Crippen LogP contribution is -2.15. The van der Waals surface area contributed by atoms with Crippen LogP contribution >= 0.6 is 11.6 Å². The Morgan fingerprint density at radius 2 is 2.05 bits per heavy atom. The molecule has 2 rings (SSSR count). The third kappa shape index (κ3) is 3.04. The molecule has 1 aromatic heterocycles. The monoisotopic (exact) mass is 320 g/mol. The van der Waals surface area contributed by atoms with Gasteiger partial charge in [-0.05, 0) is 12.1 Å². The van der Waals surface area contributed by atoms with Crippen LogP contribution in [-0.4, -0.2) is 28.6 Å². The van der Waals surface area contributed by atoms with Crippen molar-refractivity contribution in [1.82, 2.24) is 9.78 Å². The van der Waals surface area contributed by atoms with Gasteiger partial charge in [-0.2, -0.15) is 5.10 Å². The molecule has 0 saturated heterocycles. The van der Waals surface area contributed by atoms with Crippen LogP contribution in [0.5, 0.6) is 0 Å². The summed E-state index contributed by atoms with van der Waals surface area (Å²) in [5.74, 6) is -4.44. The number of rotatable bonds is 5. The summed E-state index contributed by atoms with van der Waals surface area (Å²) in [5.41, 5.74) is -0.339. The topological polar surface area (TPSA) is 47.3 Å². The fraction of sp³-hybridized carbons (Fsp3) is 0.308. The van der Waals surface area contributed by atoms with Crippen LogP contribution in [0.1, 0.15) is 17.4 Å². The van der Waals surface area contributed by atoms with Crippen molar-refractivity contribution in [2.24, 2.45) is 0 Å². The molecule has 114 valence electrons. The highest BCUT2D eigenvalue weighted by Gasteiger charge is 2.25. The van der Waals surface area contributed by atoms with Crippen molar-refractivity contribution in [3.63, 3.8) is 0 Å². The lowest BCUT2D eigenvalue weighted by Gasteiger charge is -2.15. The molecule has 0 radical (unpaired) electrons. The number of hydrogen-bond donors (Lipinski definition) is 1. The van der Waals surface area contributed by atoms with Crippen LogP contribution in [0.2, 0.25) is 5.02 Å². The van der Waals surface area contributed by atoms with Crippen LogP contribution in [-0.2, 0) is 11.3 Å². The smallest absolute Gasteiger partial charge is 0.194 e. The van der Waals surface area contributed by atoms with Crippen LogP contribution in [0, 0.1) is 17.5 Å². The van der Waals surface area contributed by atoms with E-state index in [0.29, 0.717) is 0 Å². The van der Waals surface area contributed by atoms with Crippen molar-refractivity contribution in [2.75, 3.05) is 13.7 Å². The van der Waals surface area contributed by atoms with Crippen LogP contribution in [0.15, 0.2) is 18.3 Å². The van der Waals surface area contributed by atoms with E-state index in [2.05, 4.69) is 5.10 Å². The highest BCUT2D eigenvalue weighted by Crippen LogP contribution is 2.31. The Morgan fingerprint density at radius 1 is 1.33 bits per heavy atom. The molecule has 1 aromatic carbocycles. The second kappa shape index (κ2) is 6.46. The number of ether oxygens (including phenoxy) is 1. The fourth-order valence-corrected chi connectivity index (χ4v) is 2.14. The van der Waals surface area contributed by atoms with Crippen molar-refractivity contribution >= 4 is 11.6 Å². The number of methoxy groups -OCH3 is 1. The maximum absolute atomic E-state index is 13.7. The summed E-state index contributed by atoms with van der Waals surface area (Å²) < 4.78 is 46.1. The zero-order valence-electron chi connectivity index (χ0n) is 11.0. The molecule has 21 heavy (non-hydrogen) atoms. The van der Waals surface area contributed by atoms with Gasteiger partial charge in [0.15, 0.2) is 17.5 Å². The maximum Gasteiger partial charge on any atom is 0.194 e. The van der Waals surface area contributed by atoms with Gasteiger partial charge < -0.3 is 9.84 Å². The highest BCUT2D eigenvalue weighted by molar-refractivity contribution is 6.31. The molecule has 1 unspecified atom stereocenters. The molecule has 0 aliphatic rings. The Hall–Kier alpha value is -1.57. The van der Waals surface area contributed by atoms with Gasteiger partial charge >= 0.3 is 0 Å². The second-order valence-electron chi connectivity index (χ2n) is 4.26. The van der Waals surface area contributed by atoms with Crippen LogP contribution in [0.3, 0.4) is 0 Å². The van der Waals surface area contributed by atoms with E-state index in [-0.39, 0.29) is 23.9 Å². The number of aliphatic hydroxyl groups is 1. The van der Waals surface area contributed by atoms with E-state index in [1.807, 2.05) is 0 Å². The van der Waals surface area contributed by atoms with Crippen molar-refractivity contribution in [1.29, 1.82) is 0 Å². The summed E-state index contributed by atoms with van der Waals surface area (Å²) in [6.45, 7) is 0.554. The van der Waals surface area contributed by atoms with Gasteiger partial charge in [0.25, 0.3) is 0 Å². The molecular weight excluding hydrogens is 309 g/mol. The van der Waals surface area contributed by atoms with E-state index in [4.69, 9.17) is 16.3 Å². The molecule has 0 aliphatic carbocycles. The van der Waals surface area contributed by atoms with Crippen LogP contribution in [0.4, 0.5) is 13.2 Å². The van der Waals surface area contributed by atoms with Gasteiger partial charge in [0.1, 0.15) is 6.10 Å². The molecule has 0 saturated carbocycles. The van der Waals surface area contributed by atoms with Crippen molar-refractivity contribution in [3.05, 3.63) is 52.1 Å². The van der Waals surface area contributed by atoms with Gasteiger partial charge in [0, 0.05) is 12.7 Å². The normalized spacial score (nSPS) is 12.7. The fourth-order valence-electron chi connectivity index (χ4n) is 1.90. The molecule has 0 bridgehead atoms. The predicted molar refractivity (Wildman–Crippen MR) is 69.5 cm³/mol. The number of aromatic nitrogens is 2. The SMILES string of the molecule is COCCn1ncc(Cl)c1C(O)c1ccc(F)c(F)c1F. The number of aliphatic hydroxyl groups excluding tert-OH is 1. The van der Waals surface area contributed by atoms with Gasteiger partial charge in [-0.1, -0.05) is 11.6 Å². The van der Waals surface area contributed by atoms with E-state index in [9.17, 15) is 18.3 Å². The summed E-state index contributed by atoms with van der Waals surface area (Å²) >= 11 is 5.92. The summed E-state index contributed by atoms with van der Waals surface area (Å²) in [6, 6.07) is 1.70. The first-order chi connectivity index (χ1) is 9.97. The lowest BCUT2D eigenvalue weighted by molar-refractivity contribution is 0.169. The minimum atomic E-state index is -1.65. The van der Waals surface area contributed by atoms with Crippen LogP contribution < -0.4 is 0 Å². The summed E-state index contributed by atoms with van der Waals surface area (Å²) in [4.78, 5) is 0. The minimum Gasteiger partial charge on any atom is -0.383 e. The van der Waals surface area contributed by atoms with Gasteiger partial charge in [-0.3, -0.25) is 4.68 Å². The summed E-state index contributed by atoms with van der Waals surface area (Å²) in [5, 5.41) is 14.2. The zero-order valence-corrected chi connectivity index (χ0v) is 11.7. The Labute approximate surface area is 123 Å². The first-order valence-electron chi connectivity index (χ1n) is 5.99. The zero-order chi connectivity index (χ0) is 15.6. The van der Waals surface area contributed by atoms with Crippen molar-refractivity contribution in [3.8, 4) is 0 Å². The molecule has 0 spiro atoms.